The number of pyridine rings is 1. The maximum Gasteiger partial charge on any atom is 0.244 e. The summed E-state index contributed by atoms with van der Waals surface area (Å²) in [5, 5.41) is 2.95. The number of nitrogens with one attached hydrogen (secondary N) is 1. The van der Waals surface area contributed by atoms with Gasteiger partial charge >= 0.3 is 0 Å². The summed E-state index contributed by atoms with van der Waals surface area (Å²) in [6, 6.07) is 15.9. The van der Waals surface area contributed by atoms with E-state index in [1.165, 1.54) is 11.6 Å². The fraction of sp³-hybridized carbons (Fsp3) is 0.130. The normalized spacial score (nSPS) is 11.4. The van der Waals surface area contributed by atoms with Gasteiger partial charge in [0.2, 0.25) is 5.91 Å². The molecule has 5 nitrogen and oxygen atoms in total. The summed E-state index contributed by atoms with van der Waals surface area (Å²) in [4.78, 5) is 17.1. The molecular formula is C23H21N3O2. The van der Waals surface area contributed by atoms with E-state index < -0.39 is 0 Å². The molecule has 140 valence electrons. The minimum absolute atomic E-state index is 0.186. The van der Waals surface area contributed by atoms with Crippen molar-refractivity contribution in [2.75, 3.05) is 0 Å². The number of rotatable bonds is 5. The lowest BCUT2D eigenvalue weighted by atomic mass is 10.1. The van der Waals surface area contributed by atoms with E-state index >= 15 is 0 Å². The highest BCUT2D eigenvalue weighted by molar-refractivity contribution is 5.91. The van der Waals surface area contributed by atoms with Crippen molar-refractivity contribution in [3.63, 3.8) is 0 Å². The lowest BCUT2D eigenvalue weighted by molar-refractivity contribution is -0.116. The van der Waals surface area contributed by atoms with Gasteiger partial charge in [0.05, 0.1) is 24.2 Å². The molecule has 5 heteroatoms. The van der Waals surface area contributed by atoms with Gasteiger partial charge in [0.25, 0.3) is 0 Å². The second-order valence-corrected chi connectivity index (χ2v) is 6.77. The first-order valence-electron chi connectivity index (χ1n) is 9.14. The van der Waals surface area contributed by atoms with Crippen molar-refractivity contribution < 1.29 is 9.21 Å². The Labute approximate surface area is 163 Å². The number of benzene rings is 1. The van der Waals surface area contributed by atoms with Crippen LogP contribution in [0, 0.1) is 13.8 Å². The number of carbonyl (C=O) groups is 1. The number of carbonyl (C=O) groups excluding carboxylic acids is 1. The predicted octanol–water partition coefficient (Wildman–Crippen LogP) is 4.54. The maximum atomic E-state index is 12.3. The molecule has 0 saturated carbocycles. The van der Waals surface area contributed by atoms with Gasteiger partial charge in [-0.3, -0.25) is 4.79 Å². The minimum Gasteiger partial charge on any atom is -0.465 e. The highest BCUT2D eigenvalue weighted by Gasteiger charge is 2.14. The van der Waals surface area contributed by atoms with E-state index in [4.69, 9.17) is 9.40 Å². The number of aryl methyl sites for hydroxylation is 2. The number of fused-ring (bicyclic) bond motifs is 1. The number of hydrogen-bond donors (Lipinski definition) is 1. The average molecular weight is 371 g/mol. The quantitative estimate of drug-likeness (QED) is 0.524. The molecule has 0 aliphatic carbocycles. The van der Waals surface area contributed by atoms with Gasteiger partial charge in [0.15, 0.2) is 0 Å². The van der Waals surface area contributed by atoms with E-state index in [1.54, 1.807) is 24.5 Å². The number of nitrogens with zero attached hydrogens (tertiary/aromatic N) is 2. The van der Waals surface area contributed by atoms with Crippen LogP contribution in [0.25, 0.3) is 23.0 Å². The first kappa shape index (κ1) is 17.8. The van der Waals surface area contributed by atoms with Crippen LogP contribution >= 0.6 is 0 Å². The van der Waals surface area contributed by atoms with Gasteiger partial charge in [-0.1, -0.05) is 35.9 Å². The monoisotopic (exact) mass is 371 g/mol. The summed E-state index contributed by atoms with van der Waals surface area (Å²) in [5.74, 6) is 0.454. The van der Waals surface area contributed by atoms with E-state index in [1.807, 2.05) is 29.7 Å². The van der Waals surface area contributed by atoms with Crippen molar-refractivity contribution in [2.45, 2.75) is 20.4 Å². The number of amides is 1. The highest BCUT2D eigenvalue weighted by atomic mass is 16.3. The highest BCUT2D eigenvalue weighted by Crippen LogP contribution is 2.25. The first-order chi connectivity index (χ1) is 13.6. The molecule has 0 aliphatic rings. The Morgan fingerprint density at radius 2 is 1.89 bits per heavy atom. The molecule has 0 aliphatic heterocycles. The molecule has 4 rings (SSSR count). The third-order valence-electron chi connectivity index (χ3n) is 4.56. The van der Waals surface area contributed by atoms with Crippen LogP contribution in [-0.2, 0) is 11.3 Å². The van der Waals surface area contributed by atoms with Crippen LogP contribution in [-0.4, -0.2) is 15.3 Å². The Bertz CT molecular complexity index is 1140. The Morgan fingerprint density at radius 3 is 2.64 bits per heavy atom. The van der Waals surface area contributed by atoms with Crippen molar-refractivity contribution in [3.8, 4) is 11.3 Å². The minimum atomic E-state index is -0.186. The van der Waals surface area contributed by atoms with E-state index in [0.29, 0.717) is 12.3 Å². The van der Waals surface area contributed by atoms with Crippen LogP contribution in [0.4, 0.5) is 0 Å². The molecule has 3 aromatic heterocycles. The van der Waals surface area contributed by atoms with Crippen molar-refractivity contribution in [1.82, 2.24) is 14.7 Å². The Kier molecular flexibility index (Phi) is 4.81. The molecule has 4 aromatic rings. The SMILES string of the molecule is Cc1ccc(-c2nc3ccc(C)cn3c2CNC(=O)C=Cc2ccco2)cc1. The molecule has 28 heavy (non-hydrogen) atoms. The van der Waals surface area contributed by atoms with Gasteiger partial charge < -0.3 is 14.1 Å². The summed E-state index contributed by atoms with van der Waals surface area (Å²) in [7, 11) is 0. The van der Waals surface area contributed by atoms with E-state index in [0.717, 1.165) is 28.2 Å². The molecule has 1 aromatic carbocycles. The summed E-state index contributed by atoms with van der Waals surface area (Å²) < 4.78 is 7.25. The van der Waals surface area contributed by atoms with Crippen LogP contribution < -0.4 is 5.32 Å². The molecule has 0 spiro atoms. The summed E-state index contributed by atoms with van der Waals surface area (Å²) >= 11 is 0. The van der Waals surface area contributed by atoms with Gasteiger partial charge in [-0.15, -0.1) is 0 Å². The largest absolute Gasteiger partial charge is 0.465 e. The van der Waals surface area contributed by atoms with E-state index in [9.17, 15) is 4.79 Å². The van der Waals surface area contributed by atoms with E-state index in [-0.39, 0.29) is 5.91 Å². The van der Waals surface area contributed by atoms with Crippen LogP contribution in [0.5, 0.6) is 0 Å². The first-order valence-corrected chi connectivity index (χ1v) is 9.14. The van der Waals surface area contributed by atoms with Crippen LogP contribution in [0.3, 0.4) is 0 Å². The molecule has 0 fully saturated rings. The summed E-state index contributed by atoms with van der Waals surface area (Å²) in [6.07, 6.45) is 6.74. The number of hydrogen-bond acceptors (Lipinski definition) is 3. The Hall–Kier alpha value is -3.60. The third-order valence-corrected chi connectivity index (χ3v) is 4.56. The molecule has 0 bridgehead atoms. The van der Waals surface area contributed by atoms with Crippen molar-refractivity contribution in [1.29, 1.82) is 0 Å². The predicted molar refractivity (Wildman–Crippen MR) is 110 cm³/mol. The summed E-state index contributed by atoms with van der Waals surface area (Å²) in [6.45, 7) is 4.47. The van der Waals surface area contributed by atoms with Crippen molar-refractivity contribution in [2.24, 2.45) is 0 Å². The van der Waals surface area contributed by atoms with Gasteiger partial charge in [0.1, 0.15) is 11.4 Å². The average Bonchev–Trinajstić information content (AvgIpc) is 3.33. The zero-order valence-electron chi connectivity index (χ0n) is 15.8. The van der Waals surface area contributed by atoms with E-state index in [2.05, 4.69) is 36.5 Å². The molecule has 1 N–H and O–H groups in total. The Balaban J connectivity index is 1.64. The van der Waals surface area contributed by atoms with Crippen molar-refractivity contribution in [3.05, 3.63) is 89.6 Å². The van der Waals surface area contributed by atoms with Gasteiger partial charge in [-0.2, -0.15) is 0 Å². The molecular weight excluding hydrogens is 350 g/mol. The molecule has 0 radical (unpaired) electrons. The molecule has 0 saturated heterocycles. The smallest absolute Gasteiger partial charge is 0.244 e. The van der Waals surface area contributed by atoms with Crippen LogP contribution in [0.15, 0.2) is 71.5 Å². The topological polar surface area (TPSA) is 59.5 Å². The second kappa shape index (κ2) is 7.56. The summed E-state index contributed by atoms with van der Waals surface area (Å²) in [5.41, 5.74) is 6.04. The van der Waals surface area contributed by atoms with Crippen LogP contribution in [0.2, 0.25) is 0 Å². The molecule has 1 amide bonds. The lowest BCUT2D eigenvalue weighted by Crippen LogP contribution is -2.21. The standard InChI is InChI=1S/C23H21N3O2/c1-16-5-8-18(9-6-16)23-20(26-15-17(2)7-11-21(26)25-23)14-24-22(27)12-10-19-4-3-13-28-19/h3-13,15H,14H2,1-2H3,(H,24,27). The lowest BCUT2D eigenvalue weighted by Gasteiger charge is -2.07. The fourth-order valence-electron chi connectivity index (χ4n) is 3.08. The maximum absolute atomic E-state index is 12.3. The Morgan fingerprint density at radius 1 is 1.11 bits per heavy atom. The third kappa shape index (κ3) is 3.74. The second-order valence-electron chi connectivity index (χ2n) is 6.77. The zero-order chi connectivity index (χ0) is 19.5. The zero-order valence-corrected chi connectivity index (χ0v) is 15.8. The molecule has 3 heterocycles. The fourth-order valence-corrected chi connectivity index (χ4v) is 3.08. The molecule has 0 unspecified atom stereocenters. The molecule has 0 atom stereocenters. The number of imidazole rings is 1. The van der Waals surface area contributed by atoms with Gasteiger partial charge in [-0.05, 0) is 43.7 Å². The number of furan rings is 1. The van der Waals surface area contributed by atoms with Gasteiger partial charge in [0, 0.05) is 17.8 Å². The van der Waals surface area contributed by atoms with Gasteiger partial charge in [-0.25, -0.2) is 4.98 Å². The number of aromatic nitrogens is 2. The van der Waals surface area contributed by atoms with Crippen LogP contribution in [0.1, 0.15) is 22.6 Å². The van der Waals surface area contributed by atoms with Crippen molar-refractivity contribution >= 4 is 17.6 Å².